The fraction of sp³-hybridized carbons (Fsp3) is 0.250. The van der Waals surface area contributed by atoms with Crippen molar-refractivity contribution in [1.29, 1.82) is 0 Å². The molecular weight excluding hydrogens is 256 g/mol. The van der Waals surface area contributed by atoms with Crippen LogP contribution in [-0.2, 0) is 24.4 Å². The number of benzene rings is 1. The molecule has 0 radical (unpaired) electrons. The van der Waals surface area contributed by atoms with Crippen molar-refractivity contribution >= 4 is 20.2 Å². The molecule has 1 atom stereocenters. The van der Waals surface area contributed by atoms with Gasteiger partial charge in [-0.05, 0) is 19.1 Å². The van der Waals surface area contributed by atoms with Gasteiger partial charge in [0.25, 0.3) is 20.2 Å². The van der Waals surface area contributed by atoms with E-state index in [4.69, 9.17) is 4.55 Å². The van der Waals surface area contributed by atoms with Gasteiger partial charge in [0.1, 0.15) is 0 Å². The molecule has 0 amide bonds. The molecule has 1 rings (SSSR count). The highest BCUT2D eigenvalue weighted by molar-refractivity contribution is 7.89. The molecule has 8 heteroatoms. The minimum absolute atomic E-state index is 0.175. The van der Waals surface area contributed by atoms with Crippen LogP contribution in [0.1, 0.15) is 6.92 Å². The van der Waals surface area contributed by atoms with Crippen LogP contribution in [-0.4, -0.2) is 26.8 Å². The van der Waals surface area contributed by atoms with E-state index in [0.29, 0.717) is 0 Å². The van der Waals surface area contributed by atoms with Crippen molar-refractivity contribution in [3.8, 4) is 0 Å². The molecule has 1 aromatic carbocycles. The van der Waals surface area contributed by atoms with Gasteiger partial charge in [0.15, 0.2) is 0 Å². The molecule has 0 aliphatic heterocycles. The normalized spacial score (nSPS) is 14.6. The zero-order chi connectivity index (χ0) is 12.4. The summed E-state index contributed by atoms with van der Waals surface area (Å²) in [6.45, 7) is 0.926. The molecule has 6 nitrogen and oxygen atoms in total. The van der Waals surface area contributed by atoms with E-state index in [2.05, 4.69) is 4.18 Å². The van der Waals surface area contributed by atoms with Gasteiger partial charge in [0.2, 0.25) is 5.44 Å². The van der Waals surface area contributed by atoms with Crippen molar-refractivity contribution in [3.05, 3.63) is 30.3 Å². The van der Waals surface area contributed by atoms with E-state index in [-0.39, 0.29) is 4.90 Å². The van der Waals surface area contributed by atoms with Crippen molar-refractivity contribution in [1.82, 2.24) is 0 Å². The van der Waals surface area contributed by atoms with Crippen LogP contribution >= 0.6 is 0 Å². The lowest BCUT2D eigenvalue weighted by Crippen LogP contribution is -2.23. The SMILES string of the molecule is C[C@@H](OS(=O)(=O)c1ccccc1)S(=O)(=O)O. The molecule has 0 aliphatic rings. The molecule has 1 aromatic rings. The van der Waals surface area contributed by atoms with Gasteiger partial charge in [-0.25, -0.2) is 4.18 Å². The highest BCUT2D eigenvalue weighted by atomic mass is 32.2. The molecule has 0 fully saturated rings. The molecule has 0 aliphatic carbocycles. The average molecular weight is 266 g/mol. The number of hydrogen-bond acceptors (Lipinski definition) is 5. The van der Waals surface area contributed by atoms with Crippen LogP contribution in [0.3, 0.4) is 0 Å². The smallest absolute Gasteiger partial charge is 0.284 e. The minimum Gasteiger partial charge on any atom is -0.284 e. The van der Waals surface area contributed by atoms with E-state index in [1.54, 1.807) is 6.07 Å². The molecule has 0 heterocycles. The summed E-state index contributed by atoms with van der Waals surface area (Å²) in [6.07, 6.45) is 0. The maximum atomic E-state index is 11.5. The highest BCUT2D eigenvalue weighted by Crippen LogP contribution is 2.15. The van der Waals surface area contributed by atoms with E-state index in [1.807, 2.05) is 0 Å². The summed E-state index contributed by atoms with van der Waals surface area (Å²) in [6, 6.07) is 7.05. The molecule has 0 aromatic heterocycles. The Labute approximate surface area is 93.7 Å². The van der Waals surface area contributed by atoms with Crippen molar-refractivity contribution in [2.24, 2.45) is 0 Å². The summed E-state index contributed by atoms with van der Waals surface area (Å²) in [5, 5.41) is 0. The Bertz CT molecular complexity index is 545. The average Bonchev–Trinajstić information content (AvgIpc) is 2.17. The Balaban J connectivity index is 2.99. The van der Waals surface area contributed by atoms with E-state index >= 15 is 0 Å². The molecule has 16 heavy (non-hydrogen) atoms. The van der Waals surface area contributed by atoms with Gasteiger partial charge < -0.3 is 0 Å². The molecule has 0 spiro atoms. The van der Waals surface area contributed by atoms with Crippen molar-refractivity contribution in [3.63, 3.8) is 0 Å². The van der Waals surface area contributed by atoms with E-state index < -0.39 is 25.7 Å². The van der Waals surface area contributed by atoms with E-state index in [0.717, 1.165) is 6.92 Å². The lowest BCUT2D eigenvalue weighted by molar-refractivity contribution is 0.278. The third-order valence-corrected chi connectivity index (χ3v) is 4.16. The fourth-order valence-electron chi connectivity index (χ4n) is 0.871. The summed E-state index contributed by atoms with van der Waals surface area (Å²) in [4.78, 5) is -0.175. The standard InChI is InChI=1S/C8H10O6S2/c1-7(15(9,10)11)14-16(12,13)8-5-3-2-4-6-8/h2-7H,1H3,(H,9,10,11)/t7-/m0/s1. The monoisotopic (exact) mass is 266 g/mol. The zero-order valence-corrected chi connectivity index (χ0v) is 9.90. The Morgan fingerprint density at radius 2 is 1.62 bits per heavy atom. The number of rotatable bonds is 4. The molecule has 90 valence electrons. The Kier molecular flexibility index (Phi) is 3.68. The van der Waals surface area contributed by atoms with Crippen LogP contribution in [0.2, 0.25) is 0 Å². The summed E-state index contributed by atoms with van der Waals surface area (Å²) in [7, 11) is -8.73. The Morgan fingerprint density at radius 3 is 2.06 bits per heavy atom. The van der Waals surface area contributed by atoms with Gasteiger partial charge in [-0.15, -0.1) is 0 Å². The second-order valence-corrected chi connectivity index (χ2v) is 6.21. The predicted octanol–water partition coefficient (Wildman–Crippen LogP) is 0.626. The Morgan fingerprint density at radius 1 is 1.12 bits per heavy atom. The van der Waals surface area contributed by atoms with Crippen LogP contribution in [0.25, 0.3) is 0 Å². The topological polar surface area (TPSA) is 97.7 Å². The van der Waals surface area contributed by atoms with Gasteiger partial charge in [-0.3, -0.25) is 4.55 Å². The first-order chi connectivity index (χ1) is 7.23. The lowest BCUT2D eigenvalue weighted by Gasteiger charge is -2.09. The summed E-state index contributed by atoms with van der Waals surface area (Å²) in [5.74, 6) is 0. The van der Waals surface area contributed by atoms with Gasteiger partial charge >= 0.3 is 0 Å². The Hall–Kier alpha value is -0.960. The number of hydrogen-bond donors (Lipinski definition) is 1. The first-order valence-electron chi connectivity index (χ1n) is 4.18. The molecule has 0 saturated heterocycles. The quantitative estimate of drug-likeness (QED) is 0.634. The third-order valence-electron chi connectivity index (χ3n) is 1.71. The van der Waals surface area contributed by atoms with Crippen LogP contribution in [0.15, 0.2) is 35.2 Å². The van der Waals surface area contributed by atoms with E-state index in [9.17, 15) is 16.8 Å². The van der Waals surface area contributed by atoms with Crippen LogP contribution < -0.4 is 0 Å². The summed E-state index contributed by atoms with van der Waals surface area (Å²) < 4.78 is 57.1. The maximum Gasteiger partial charge on any atom is 0.298 e. The van der Waals surface area contributed by atoms with Crippen LogP contribution in [0.5, 0.6) is 0 Å². The molecule has 0 saturated carbocycles. The lowest BCUT2D eigenvalue weighted by atomic mass is 10.4. The third kappa shape index (κ3) is 3.27. The van der Waals surface area contributed by atoms with Gasteiger partial charge in [0, 0.05) is 0 Å². The molecule has 1 N–H and O–H groups in total. The second-order valence-electron chi connectivity index (χ2n) is 2.95. The van der Waals surface area contributed by atoms with Gasteiger partial charge in [0.05, 0.1) is 4.90 Å². The summed E-state index contributed by atoms with van der Waals surface area (Å²) in [5.41, 5.74) is -1.84. The highest BCUT2D eigenvalue weighted by Gasteiger charge is 2.26. The summed E-state index contributed by atoms with van der Waals surface area (Å²) >= 11 is 0. The fourth-order valence-corrected chi connectivity index (χ4v) is 2.54. The van der Waals surface area contributed by atoms with Crippen molar-refractivity contribution in [2.45, 2.75) is 17.3 Å². The minimum atomic E-state index is -4.55. The van der Waals surface area contributed by atoms with Crippen LogP contribution in [0.4, 0.5) is 0 Å². The maximum absolute atomic E-state index is 11.5. The predicted molar refractivity (Wildman–Crippen MR) is 55.7 cm³/mol. The first-order valence-corrected chi connectivity index (χ1v) is 7.09. The van der Waals surface area contributed by atoms with Gasteiger partial charge in [-0.1, -0.05) is 18.2 Å². The zero-order valence-electron chi connectivity index (χ0n) is 8.27. The van der Waals surface area contributed by atoms with Gasteiger partial charge in [-0.2, -0.15) is 16.8 Å². The molecule has 0 bridgehead atoms. The first kappa shape index (κ1) is 13.1. The van der Waals surface area contributed by atoms with Crippen molar-refractivity contribution < 1.29 is 25.6 Å². The van der Waals surface area contributed by atoms with Crippen LogP contribution in [0, 0.1) is 0 Å². The molecular formula is C8H10O6S2. The van der Waals surface area contributed by atoms with Crippen molar-refractivity contribution in [2.75, 3.05) is 0 Å². The van der Waals surface area contributed by atoms with E-state index in [1.165, 1.54) is 24.3 Å². The molecule has 0 unspecified atom stereocenters. The largest absolute Gasteiger partial charge is 0.298 e. The second kappa shape index (κ2) is 4.50.